The molecule has 0 heterocycles. The lowest BCUT2D eigenvalue weighted by molar-refractivity contribution is 0.172. The molecule has 1 aromatic carbocycles. The van der Waals surface area contributed by atoms with Gasteiger partial charge >= 0.3 is 0 Å². The van der Waals surface area contributed by atoms with Crippen molar-refractivity contribution in [1.82, 2.24) is 0 Å². The molecular formula is C15H21NOS. The molecule has 0 saturated heterocycles. The Bertz CT molecular complexity index is 390. The Morgan fingerprint density at radius 3 is 2.94 bits per heavy atom. The maximum atomic E-state index is 9.63. The first kappa shape index (κ1) is 15.0. The molecule has 0 fully saturated rings. The Morgan fingerprint density at radius 2 is 2.22 bits per heavy atom. The fraction of sp³-hybridized carbons (Fsp3) is 0.400. The number of para-hydroxylation sites is 1. The summed E-state index contributed by atoms with van der Waals surface area (Å²) in [5, 5.41) is 9.63. The van der Waals surface area contributed by atoms with Crippen LogP contribution in [0.1, 0.15) is 26.2 Å². The van der Waals surface area contributed by atoms with Gasteiger partial charge in [0.2, 0.25) is 0 Å². The van der Waals surface area contributed by atoms with Crippen molar-refractivity contribution in [2.45, 2.75) is 37.2 Å². The number of hydrogen-bond donors (Lipinski definition) is 1. The zero-order valence-electron chi connectivity index (χ0n) is 10.9. The van der Waals surface area contributed by atoms with Crippen molar-refractivity contribution in [1.29, 1.82) is 0 Å². The van der Waals surface area contributed by atoms with Gasteiger partial charge in [-0.15, -0.1) is 18.3 Å². The number of aliphatic hydroxyl groups is 1. The molecule has 1 N–H and O–H groups in total. The van der Waals surface area contributed by atoms with Crippen molar-refractivity contribution in [3.05, 3.63) is 36.9 Å². The van der Waals surface area contributed by atoms with Crippen LogP contribution in [0, 0.1) is 0 Å². The normalized spacial score (nSPS) is 12.8. The Hall–Kier alpha value is -1.06. The zero-order valence-corrected chi connectivity index (χ0v) is 11.7. The number of nitrogens with zero attached hydrogens (tertiary/aromatic N) is 1. The van der Waals surface area contributed by atoms with E-state index in [-0.39, 0.29) is 6.10 Å². The fourth-order valence-electron chi connectivity index (χ4n) is 1.56. The number of rotatable bonds is 8. The van der Waals surface area contributed by atoms with E-state index in [1.807, 2.05) is 30.5 Å². The average Bonchev–Trinajstić information content (AvgIpc) is 2.38. The van der Waals surface area contributed by atoms with Crippen LogP contribution in [0.25, 0.3) is 0 Å². The van der Waals surface area contributed by atoms with Crippen LogP contribution in [0.3, 0.4) is 0 Å². The summed E-state index contributed by atoms with van der Waals surface area (Å²) < 4.78 is 0. The van der Waals surface area contributed by atoms with Crippen LogP contribution in [0.15, 0.2) is 46.8 Å². The van der Waals surface area contributed by atoms with Crippen molar-refractivity contribution in [2.24, 2.45) is 4.99 Å². The number of aliphatic imine (C=N–C) groups is 1. The third kappa shape index (κ3) is 5.52. The van der Waals surface area contributed by atoms with E-state index in [4.69, 9.17) is 0 Å². The third-order valence-electron chi connectivity index (χ3n) is 2.45. The lowest BCUT2D eigenvalue weighted by Crippen LogP contribution is -2.05. The summed E-state index contributed by atoms with van der Waals surface area (Å²) in [7, 11) is 0. The largest absolute Gasteiger partial charge is 0.393 e. The van der Waals surface area contributed by atoms with E-state index < -0.39 is 0 Å². The zero-order chi connectivity index (χ0) is 13.2. The highest BCUT2D eigenvalue weighted by atomic mass is 32.2. The number of benzene rings is 1. The highest BCUT2D eigenvalue weighted by molar-refractivity contribution is 7.99. The molecule has 1 aromatic rings. The number of hydrogen-bond acceptors (Lipinski definition) is 3. The molecule has 0 aromatic heterocycles. The minimum Gasteiger partial charge on any atom is -0.393 e. The Morgan fingerprint density at radius 1 is 1.44 bits per heavy atom. The molecule has 0 amide bonds. The smallest absolute Gasteiger partial charge is 0.0761 e. The van der Waals surface area contributed by atoms with Gasteiger partial charge in [0.1, 0.15) is 0 Å². The molecule has 18 heavy (non-hydrogen) atoms. The van der Waals surface area contributed by atoms with Crippen LogP contribution in [-0.4, -0.2) is 23.2 Å². The van der Waals surface area contributed by atoms with Gasteiger partial charge in [-0.05, 0) is 18.6 Å². The van der Waals surface area contributed by atoms with E-state index >= 15 is 0 Å². The van der Waals surface area contributed by atoms with Gasteiger partial charge in [-0.3, -0.25) is 4.99 Å². The first-order valence-corrected chi connectivity index (χ1v) is 7.29. The number of thioether (sulfide) groups is 1. The Labute approximate surface area is 114 Å². The molecule has 98 valence electrons. The minimum atomic E-state index is -0.272. The summed E-state index contributed by atoms with van der Waals surface area (Å²) in [5.41, 5.74) is 0.966. The highest BCUT2D eigenvalue weighted by Crippen LogP contribution is 2.29. The third-order valence-corrected chi connectivity index (χ3v) is 3.51. The molecule has 0 aliphatic heterocycles. The summed E-state index contributed by atoms with van der Waals surface area (Å²) in [5.74, 6) is 0.880. The SMILES string of the molecule is C=CCSc1ccccc1N=CC[C@H](O)CCC. The molecular weight excluding hydrogens is 242 g/mol. The molecule has 0 aliphatic carbocycles. The lowest BCUT2D eigenvalue weighted by Gasteiger charge is -2.05. The van der Waals surface area contributed by atoms with Gasteiger partial charge in [0, 0.05) is 23.3 Å². The first-order chi connectivity index (χ1) is 8.77. The maximum absolute atomic E-state index is 9.63. The monoisotopic (exact) mass is 263 g/mol. The second kappa shape index (κ2) is 8.95. The van der Waals surface area contributed by atoms with Gasteiger partial charge in [0.15, 0.2) is 0 Å². The Balaban J connectivity index is 2.59. The summed E-state index contributed by atoms with van der Waals surface area (Å²) in [6.45, 7) is 5.79. The second-order valence-corrected chi connectivity index (χ2v) is 5.12. The van der Waals surface area contributed by atoms with Gasteiger partial charge in [0.05, 0.1) is 11.8 Å². The van der Waals surface area contributed by atoms with E-state index in [0.717, 1.165) is 29.2 Å². The van der Waals surface area contributed by atoms with Crippen molar-refractivity contribution in [2.75, 3.05) is 5.75 Å². The van der Waals surface area contributed by atoms with Crippen LogP contribution in [0.5, 0.6) is 0 Å². The van der Waals surface area contributed by atoms with Crippen molar-refractivity contribution < 1.29 is 5.11 Å². The van der Waals surface area contributed by atoms with Crippen LogP contribution < -0.4 is 0 Å². The van der Waals surface area contributed by atoms with E-state index in [2.05, 4.69) is 24.6 Å². The molecule has 2 nitrogen and oxygen atoms in total. The second-order valence-electron chi connectivity index (χ2n) is 4.06. The average molecular weight is 263 g/mol. The molecule has 0 radical (unpaired) electrons. The molecule has 1 atom stereocenters. The molecule has 0 spiro atoms. The predicted molar refractivity (Wildman–Crippen MR) is 81.0 cm³/mol. The first-order valence-electron chi connectivity index (χ1n) is 6.31. The van der Waals surface area contributed by atoms with Crippen molar-refractivity contribution >= 4 is 23.7 Å². The lowest BCUT2D eigenvalue weighted by atomic mass is 10.1. The van der Waals surface area contributed by atoms with Gasteiger partial charge in [-0.25, -0.2) is 0 Å². The number of aliphatic hydroxyl groups excluding tert-OH is 1. The topological polar surface area (TPSA) is 32.6 Å². The maximum Gasteiger partial charge on any atom is 0.0761 e. The Kier molecular flexibility index (Phi) is 7.46. The van der Waals surface area contributed by atoms with Crippen molar-refractivity contribution in [3.63, 3.8) is 0 Å². The summed E-state index contributed by atoms with van der Waals surface area (Å²) in [4.78, 5) is 5.59. The minimum absolute atomic E-state index is 0.272. The molecule has 0 bridgehead atoms. The standard InChI is InChI=1S/C15H21NOS/c1-3-7-13(17)10-11-16-14-8-5-6-9-15(14)18-12-4-2/h4-6,8-9,11,13,17H,2-3,7,10,12H2,1H3/t13-/m1/s1. The van der Waals surface area contributed by atoms with E-state index in [0.29, 0.717) is 6.42 Å². The molecule has 3 heteroatoms. The van der Waals surface area contributed by atoms with E-state index in [9.17, 15) is 5.11 Å². The van der Waals surface area contributed by atoms with Gasteiger partial charge in [-0.2, -0.15) is 0 Å². The quantitative estimate of drug-likeness (QED) is 0.433. The predicted octanol–water partition coefficient (Wildman–Crippen LogP) is 4.22. The summed E-state index contributed by atoms with van der Waals surface area (Å²) in [6.07, 6.45) is 5.88. The van der Waals surface area contributed by atoms with E-state index in [1.165, 1.54) is 0 Å². The van der Waals surface area contributed by atoms with Crippen LogP contribution >= 0.6 is 11.8 Å². The van der Waals surface area contributed by atoms with Gasteiger partial charge in [-0.1, -0.05) is 31.6 Å². The van der Waals surface area contributed by atoms with Gasteiger partial charge in [0.25, 0.3) is 0 Å². The van der Waals surface area contributed by atoms with Crippen LogP contribution in [0.2, 0.25) is 0 Å². The van der Waals surface area contributed by atoms with Crippen LogP contribution in [0.4, 0.5) is 5.69 Å². The molecule has 0 unspecified atom stereocenters. The highest BCUT2D eigenvalue weighted by Gasteiger charge is 2.01. The van der Waals surface area contributed by atoms with Gasteiger partial charge < -0.3 is 5.11 Å². The van der Waals surface area contributed by atoms with E-state index in [1.54, 1.807) is 11.8 Å². The molecule has 0 saturated carbocycles. The summed E-state index contributed by atoms with van der Waals surface area (Å²) >= 11 is 1.72. The summed E-state index contributed by atoms with van der Waals surface area (Å²) in [6, 6.07) is 8.04. The van der Waals surface area contributed by atoms with Crippen LogP contribution in [-0.2, 0) is 0 Å². The van der Waals surface area contributed by atoms with Crippen molar-refractivity contribution in [3.8, 4) is 0 Å². The molecule has 0 aliphatic rings. The fourth-order valence-corrected chi connectivity index (χ4v) is 2.30. The molecule has 1 rings (SSSR count).